The summed E-state index contributed by atoms with van der Waals surface area (Å²) in [6.07, 6.45) is 2.72. The number of piperidine rings is 1. The van der Waals surface area contributed by atoms with Crippen LogP contribution in [-0.4, -0.2) is 36.4 Å². The van der Waals surface area contributed by atoms with Gasteiger partial charge in [0.2, 0.25) is 0 Å². The zero-order chi connectivity index (χ0) is 11.3. The number of hydrogen-bond acceptors (Lipinski definition) is 2. The lowest BCUT2D eigenvalue weighted by Gasteiger charge is -2.30. The molecule has 86 valence electrons. The van der Waals surface area contributed by atoms with Crippen molar-refractivity contribution in [3.8, 4) is 0 Å². The number of carbonyl (C=O) groups is 1. The van der Waals surface area contributed by atoms with E-state index in [-0.39, 0.29) is 11.9 Å². The van der Waals surface area contributed by atoms with E-state index in [1.807, 2.05) is 4.90 Å². The zero-order valence-electron chi connectivity index (χ0n) is 9.25. The summed E-state index contributed by atoms with van der Waals surface area (Å²) in [5.41, 5.74) is 5.20. The van der Waals surface area contributed by atoms with Crippen LogP contribution >= 0.6 is 0 Å². The molecule has 0 aliphatic carbocycles. The summed E-state index contributed by atoms with van der Waals surface area (Å²) >= 11 is 0. The standard InChI is InChI=1S/C10H20N4O/c1-8-3-2-6-14(7-8)10(15)13-5-4-9(11)12/h8H,2-7H2,1H3,(H3,11,12)(H,13,15). The van der Waals surface area contributed by atoms with Gasteiger partial charge in [-0.15, -0.1) is 0 Å². The van der Waals surface area contributed by atoms with Crippen molar-refractivity contribution in [3.63, 3.8) is 0 Å². The highest BCUT2D eigenvalue weighted by Crippen LogP contribution is 2.14. The van der Waals surface area contributed by atoms with Crippen molar-refractivity contribution >= 4 is 11.9 Å². The third kappa shape index (κ3) is 4.18. The zero-order valence-corrected chi connectivity index (χ0v) is 9.25. The fourth-order valence-electron chi connectivity index (χ4n) is 1.79. The Morgan fingerprint density at radius 2 is 2.40 bits per heavy atom. The summed E-state index contributed by atoms with van der Waals surface area (Å²) in [6, 6.07) is -0.0252. The molecule has 1 rings (SSSR count). The Kier molecular flexibility index (Phi) is 4.39. The summed E-state index contributed by atoms with van der Waals surface area (Å²) in [4.78, 5) is 13.5. The number of likely N-dealkylation sites (tertiary alicyclic amines) is 1. The minimum absolute atomic E-state index is 0.0252. The van der Waals surface area contributed by atoms with Crippen LogP contribution in [0.15, 0.2) is 0 Å². The highest BCUT2D eigenvalue weighted by molar-refractivity contribution is 5.78. The fourth-order valence-corrected chi connectivity index (χ4v) is 1.79. The second kappa shape index (κ2) is 5.58. The molecule has 1 saturated heterocycles. The van der Waals surface area contributed by atoms with Gasteiger partial charge in [0.05, 0.1) is 5.84 Å². The number of nitrogens with two attached hydrogens (primary N) is 1. The topological polar surface area (TPSA) is 82.2 Å². The molecule has 0 spiro atoms. The Labute approximate surface area is 90.5 Å². The Hall–Kier alpha value is -1.26. The first-order chi connectivity index (χ1) is 7.09. The van der Waals surface area contributed by atoms with Crippen LogP contribution in [0.1, 0.15) is 26.2 Å². The van der Waals surface area contributed by atoms with Crippen molar-refractivity contribution in [1.82, 2.24) is 10.2 Å². The molecule has 1 fully saturated rings. The second-order valence-corrected chi connectivity index (χ2v) is 4.20. The quantitative estimate of drug-likeness (QED) is 0.476. The van der Waals surface area contributed by atoms with Crippen molar-refractivity contribution in [2.24, 2.45) is 11.7 Å². The first-order valence-corrected chi connectivity index (χ1v) is 5.45. The van der Waals surface area contributed by atoms with Crippen LogP contribution in [0.3, 0.4) is 0 Å². The van der Waals surface area contributed by atoms with Crippen LogP contribution in [0.5, 0.6) is 0 Å². The predicted octanol–water partition coefficient (Wildman–Crippen LogP) is 0.754. The molecule has 5 heteroatoms. The van der Waals surface area contributed by atoms with E-state index in [0.29, 0.717) is 18.9 Å². The molecule has 1 heterocycles. The summed E-state index contributed by atoms with van der Waals surface area (Å²) in [5.74, 6) is 0.708. The van der Waals surface area contributed by atoms with E-state index >= 15 is 0 Å². The number of amides is 2. The molecule has 1 aliphatic rings. The molecule has 15 heavy (non-hydrogen) atoms. The molecule has 0 aromatic heterocycles. The van der Waals surface area contributed by atoms with Crippen LogP contribution in [0.4, 0.5) is 4.79 Å². The van der Waals surface area contributed by atoms with Crippen LogP contribution in [0.2, 0.25) is 0 Å². The molecule has 2 amide bonds. The lowest BCUT2D eigenvalue weighted by Crippen LogP contribution is -2.45. The molecule has 1 aliphatic heterocycles. The van der Waals surface area contributed by atoms with Crippen molar-refractivity contribution in [1.29, 1.82) is 5.41 Å². The lowest BCUT2D eigenvalue weighted by molar-refractivity contribution is 0.170. The van der Waals surface area contributed by atoms with E-state index in [0.717, 1.165) is 19.5 Å². The third-order valence-corrected chi connectivity index (χ3v) is 2.61. The maximum atomic E-state index is 11.6. The maximum Gasteiger partial charge on any atom is 0.317 e. The largest absolute Gasteiger partial charge is 0.388 e. The number of nitrogens with zero attached hydrogens (tertiary/aromatic N) is 1. The first-order valence-electron chi connectivity index (χ1n) is 5.45. The fraction of sp³-hybridized carbons (Fsp3) is 0.800. The molecule has 5 nitrogen and oxygen atoms in total. The first kappa shape index (κ1) is 11.8. The molecular weight excluding hydrogens is 192 g/mol. The normalized spacial score (nSPS) is 21.1. The number of carbonyl (C=O) groups excluding carboxylic acids is 1. The van der Waals surface area contributed by atoms with Gasteiger partial charge in [0.15, 0.2) is 0 Å². The van der Waals surface area contributed by atoms with Gasteiger partial charge in [-0.2, -0.15) is 0 Å². The lowest BCUT2D eigenvalue weighted by atomic mass is 10.0. The average molecular weight is 212 g/mol. The average Bonchev–Trinajstić information content (AvgIpc) is 2.17. The van der Waals surface area contributed by atoms with Crippen molar-refractivity contribution in [2.45, 2.75) is 26.2 Å². The monoisotopic (exact) mass is 212 g/mol. The number of amidine groups is 1. The molecule has 4 N–H and O–H groups in total. The number of hydrogen-bond donors (Lipinski definition) is 3. The molecule has 0 radical (unpaired) electrons. The van der Waals surface area contributed by atoms with Gasteiger partial charge in [-0.1, -0.05) is 6.92 Å². The van der Waals surface area contributed by atoms with Crippen LogP contribution < -0.4 is 11.1 Å². The minimum Gasteiger partial charge on any atom is -0.388 e. The highest BCUT2D eigenvalue weighted by Gasteiger charge is 2.20. The number of urea groups is 1. The van der Waals surface area contributed by atoms with Crippen molar-refractivity contribution < 1.29 is 4.79 Å². The SMILES string of the molecule is CC1CCCN(C(=O)NCCC(=N)N)C1. The van der Waals surface area contributed by atoms with Gasteiger partial charge in [-0.05, 0) is 18.8 Å². The summed E-state index contributed by atoms with van der Waals surface area (Å²) in [5, 5.41) is 9.80. The van der Waals surface area contributed by atoms with Gasteiger partial charge in [0.1, 0.15) is 0 Å². The molecule has 0 saturated carbocycles. The molecule has 0 aromatic carbocycles. The highest BCUT2D eigenvalue weighted by atomic mass is 16.2. The van der Waals surface area contributed by atoms with E-state index in [9.17, 15) is 4.79 Å². The van der Waals surface area contributed by atoms with Gasteiger partial charge >= 0.3 is 6.03 Å². The predicted molar refractivity (Wildman–Crippen MR) is 59.9 cm³/mol. The van der Waals surface area contributed by atoms with Crippen LogP contribution in [0, 0.1) is 11.3 Å². The number of nitrogens with one attached hydrogen (secondary N) is 2. The molecule has 1 unspecified atom stereocenters. The van der Waals surface area contributed by atoms with Gasteiger partial charge < -0.3 is 16.0 Å². The van der Waals surface area contributed by atoms with E-state index < -0.39 is 0 Å². The summed E-state index contributed by atoms with van der Waals surface area (Å²) in [6.45, 7) is 4.30. The van der Waals surface area contributed by atoms with Gasteiger partial charge in [-0.3, -0.25) is 5.41 Å². The van der Waals surface area contributed by atoms with Crippen molar-refractivity contribution in [2.75, 3.05) is 19.6 Å². The Morgan fingerprint density at radius 1 is 1.67 bits per heavy atom. The van der Waals surface area contributed by atoms with Gasteiger partial charge in [0.25, 0.3) is 0 Å². The molecule has 1 atom stereocenters. The Balaban J connectivity index is 2.24. The molecule has 0 bridgehead atoms. The van der Waals surface area contributed by atoms with Crippen molar-refractivity contribution in [3.05, 3.63) is 0 Å². The molecular formula is C10H20N4O. The van der Waals surface area contributed by atoms with Crippen LogP contribution in [-0.2, 0) is 0 Å². The van der Waals surface area contributed by atoms with Gasteiger partial charge in [0, 0.05) is 26.1 Å². The van der Waals surface area contributed by atoms with E-state index in [2.05, 4.69) is 12.2 Å². The summed E-state index contributed by atoms with van der Waals surface area (Å²) < 4.78 is 0. The Bertz CT molecular complexity index is 242. The minimum atomic E-state index is -0.0252. The van der Waals surface area contributed by atoms with Gasteiger partial charge in [-0.25, -0.2) is 4.79 Å². The smallest absolute Gasteiger partial charge is 0.317 e. The summed E-state index contributed by atoms with van der Waals surface area (Å²) in [7, 11) is 0. The van der Waals surface area contributed by atoms with E-state index in [1.54, 1.807) is 0 Å². The Morgan fingerprint density at radius 3 is 3.00 bits per heavy atom. The number of rotatable bonds is 3. The van der Waals surface area contributed by atoms with E-state index in [1.165, 1.54) is 6.42 Å². The van der Waals surface area contributed by atoms with Crippen LogP contribution in [0.25, 0.3) is 0 Å². The molecule has 0 aromatic rings. The second-order valence-electron chi connectivity index (χ2n) is 4.20. The maximum absolute atomic E-state index is 11.6. The third-order valence-electron chi connectivity index (χ3n) is 2.61. The van der Waals surface area contributed by atoms with E-state index in [4.69, 9.17) is 11.1 Å².